The summed E-state index contributed by atoms with van der Waals surface area (Å²) in [6.45, 7) is 0. The predicted molar refractivity (Wildman–Crippen MR) is 49.2 cm³/mol. The van der Waals surface area contributed by atoms with Crippen molar-refractivity contribution in [2.45, 2.75) is 12.5 Å². The summed E-state index contributed by atoms with van der Waals surface area (Å²) in [5.74, 6) is 0. The van der Waals surface area contributed by atoms with Gasteiger partial charge >= 0.3 is 0 Å². The molecule has 2 heterocycles. The average Bonchev–Trinajstić information content (AvgIpc) is 2.74. The molecule has 0 aliphatic heterocycles. The molecule has 68 valence electrons. The molecule has 0 bridgehead atoms. The first-order chi connectivity index (χ1) is 6.36. The van der Waals surface area contributed by atoms with Gasteiger partial charge < -0.3 is 10.2 Å². The zero-order valence-electron chi connectivity index (χ0n) is 6.88. The van der Waals surface area contributed by atoms with E-state index in [1.54, 1.807) is 12.5 Å². The van der Waals surface area contributed by atoms with E-state index in [-0.39, 0.29) is 6.04 Å². The lowest BCUT2D eigenvalue weighted by Gasteiger charge is -2.05. The van der Waals surface area contributed by atoms with Crippen LogP contribution < -0.4 is 5.73 Å². The molecule has 13 heavy (non-hydrogen) atoms. The van der Waals surface area contributed by atoms with E-state index in [9.17, 15) is 0 Å². The summed E-state index contributed by atoms with van der Waals surface area (Å²) < 4.78 is 8.71. The fourth-order valence-electron chi connectivity index (χ4n) is 1.10. The van der Waals surface area contributed by atoms with Gasteiger partial charge in [0.1, 0.15) is 0 Å². The minimum atomic E-state index is -0.0531. The molecule has 1 unspecified atom stereocenters. The van der Waals surface area contributed by atoms with Crippen molar-refractivity contribution in [3.05, 3.63) is 35.2 Å². The van der Waals surface area contributed by atoms with Crippen molar-refractivity contribution in [2.75, 3.05) is 0 Å². The summed E-state index contributed by atoms with van der Waals surface area (Å²) in [4.78, 5) is 0. The second-order valence-electron chi connectivity index (χ2n) is 2.76. The van der Waals surface area contributed by atoms with Gasteiger partial charge in [-0.1, -0.05) is 4.49 Å². The van der Waals surface area contributed by atoms with Crippen molar-refractivity contribution in [1.82, 2.24) is 9.59 Å². The Morgan fingerprint density at radius 3 is 3.15 bits per heavy atom. The Morgan fingerprint density at radius 1 is 1.62 bits per heavy atom. The van der Waals surface area contributed by atoms with Crippen LogP contribution in [0, 0.1) is 0 Å². The standard InChI is InChI=1S/C8H9N3OS/c9-8(6-1-2-12-4-6)3-7-5-13-11-10-7/h1-2,4-5,8H,3,9H2. The second kappa shape index (κ2) is 3.68. The van der Waals surface area contributed by atoms with E-state index in [1.807, 2.05) is 11.4 Å². The lowest BCUT2D eigenvalue weighted by molar-refractivity contribution is 0.558. The normalized spacial score (nSPS) is 13.0. The molecule has 0 amide bonds. The van der Waals surface area contributed by atoms with Crippen LogP contribution in [0.4, 0.5) is 0 Å². The maximum atomic E-state index is 5.91. The number of hydrogen-bond donors (Lipinski definition) is 1. The van der Waals surface area contributed by atoms with E-state index in [0.717, 1.165) is 11.3 Å². The van der Waals surface area contributed by atoms with E-state index in [1.165, 1.54) is 11.5 Å². The Bertz CT molecular complexity index is 343. The first-order valence-electron chi connectivity index (χ1n) is 3.90. The van der Waals surface area contributed by atoms with Gasteiger partial charge in [-0.05, 0) is 17.6 Å². The molecule has 0 saturated carbocycles. The van der Waals surface area contributed by atoms with E-state index in [2.05, 4.69) is 9.59 Å². The Balaban J connectivity index is 2.04. The van der Waals surface area contributed by atoms with Crippen LogP contribution >= 0.6 is 11.5 Å². The Kier molecular flexibility index (Phi) is 2.37. The van der Waals surface area contributed by atoms with Gasteiger partial charge in [0.2, 0.25) is 0 Å². The summed E-state index contributed by atoms with van der Waals surface area (Å²) >= 11 is 1.34. The fourth-order valence-corrected chi connectivity index (χ4v) is 1.57. The molecular formula is C8H9N3OS. The number of nitrogens with two attached hydrogens (primary N) is 1. The maximum Gasteiger partial charge on any atom is 0.0950 e. The second-order valence-corrected chi connectivity index (χ2v) is 3.37. The molecule has 1 atom stereocenters. The van der Waals surface area contributed by atoms with Crippen molar-refractivity contribution in [3.8, 4) is 0 Å². The Hall–Kier alpha value is -1.20. The predicted octanol–water partition coefficient (Wildman–Crippen LogP) is 1.37. The van der Waals surface area contributed by atoms with Crippen molar-refractivity contribution in [1.29, 1.82) is 0 Å². The average molecular weight is 195 g/mol. The number of aromatic nitrogens is 2. The topological polar surface area (TPSA) is 64.9 Å². The van der Waals surface area contributed by atoms with Crippen LogP contribution in [0.15, 0.2) is 28.4 Å². The molecule has 0 fully saturated rings. The minimum absolute atomic E-state index is 0.0531. The largest absolute Gasteiger partial charge is 0.472 e. The van der Waals surface area contributed by atoms with Crippen molar-refractivity contribution in [3.63, 3.8) is 0 Å². The van der Waals surface area contributed by atoms with Crippen molar-refractivity contribution in [2.24, 2.45) is 5.73 Å². The summed E-state index contributed by atoms with van der Waals surface area (Å²) in [6.07, 6.45) is 3.98. The third-order valence-electron chi connectivity index (χ3n) is 1.81. The van der Waals surface area contributed by atoms with Gasteiger partial charge in [-0.3, -0.25) is 0 Å². The molecule has 0 radical (unpaired) electrons. The van der Waals surface area contributed by atoms with Gasteiger partial charge in [0.05, 0.1) is 18.2 Å². The first-order valence-corrected chi connectivity index (χ1v) is 4.73. The highest BCUT2D eigenvalue weighted by Gasteiger charge is 2.09. The van der Waals surface area contributed by atoms with E-state index in [0.29, 0.717) is 6.42 Å². The van der Waals surface area contributed by atoms with Crippen LogP contribution in [0.25, 0.3) is 0 Å². The van der Waals surface area contributed by atoms with Crippen LogP contribution in [-0.2, 0) is 6.42 Å². The van der Waals surface area contributed by atoms with E-state index in [4.69, 9.17) is 10.2 Å². The van der Waals surface area contributed by atoms with Gasteiger partial charge in [0.25, 0.3) is 0 Å². The van der Waals surface area contributed by atoms with Gasteiger partial charge in [-0.25, -0.2) is 0 Å². The lowest BCUT2D eigenvalue weighted by atomic mass is 10.1. The summed E-state index contributed by atoms with van der Waals surface area (Å²) in [5.41, 5.74) is 7.83. The molecule has 0 spiro atoms. The van der Waals surface area contributed by atoms with Gasteiger partial charge in [-0.2, -0.15) is 0 Å². The monoisotopic (exact) mass is 195 g/mol. The molecule has 2 aromatic rings. The Morgan fingerprint density at radius 2 is 2.54 bits per heavy atom. The SMILES string of the molecule is NC(Cc1csnn1)c1ccoc1. The maximum absolute atomic E-state index is 5.91. The van der Waals surface area contributed by atoms with Crippen molar-refractivity contribution < 1.29 is 4.42 Å². The minimum Gasteiger partial charge on any atom is -0.472 e. The van der Waals surface area contributed by atoms with Gasteiger partial charge in [-0.15, -0.1) is 5.10 Å². The molecule has 0 aliphatic carbocycles. The number of hydrogen-bond acceptors (Lipinski definition) is 5. The Labute approximate surface area is 79.5 Å². The smallest absolute Gasteiger partial charge is 0.0950 e. The zero-order chi connectivity index (χ0) is 9.10. The third-order valence-corrected chi connectivity index (χ3v) is 2.36. The molecule has 4 nitrogen and oxygen atoms in total. The lowest BCUT2D eigenvalue weighted by Crippen LogP contribution is -2.12. The van der Waals surface area contributed by atoms with Crippen LogP contribution in [0.1, 0.15) is 17.3 Å². The molecule has 0 aromatic carbocycles. The highest BCUT2D eigenvalue weighted by Crippen LogP contribution is 2.15. The summed E-state index contributed by atoms with van der Waals surface area (Å²) in [7, 11) is 0. The van der Waals surface area contributed by atoms with Crippen LogP contribution in [0.5, 0.6) is 0 Å². The van der Waals surface area contributed by atoms with Crippen molar-refractivity contribution >= 4 is 11.5 Å². The molecule has 2 aromatic heterocycles. The quantitative estimate of drug-likeness (QED) is 0.803. The number of rotatable bonds is 3. The molecule has 2 N–H and O–H groups in total. The highest BCUT2D eigenvalue weighted by atomic mass is 32.1. The molecule has 2 rings (SSSR count). The summed E-state index contributed by atoms with van der Waals surface area (Å²) in [5, 5.41) is 5.83. The highest BCUT2D eigenvalue weighted by molar-refractivity contribution is 7.03. The fraction of sp³-hybridized carbons (Fsp3) is 0.250. The third kappa shape index (κ3) is 1.93. The summed E-state index contributed by atoms with van der Waals surface area (Å²) in [6, 6.07) is 1.81. The molecule has 0 aliphatic rings. The number of nitrogens with zero attached hydrogens (tertiary/aromatic N) is 2. The molecule has 5 heteroatoms. The van der Waals surface area contributed by atoms with E-state index < -0.39 is 0 Å². The van der Waals surface area contributed by atoms with Crippen LogP contribution in [0.3, 0.4) is 0 Å². The number of furan rings is 1. The molecular weight excluding hydrogens is 186 g/mol. The van der Waals surface area contributed by atoms with Gasteiger partial charge in [0, 0.05) is 23.4 Å². The zero-order valence-corrected chi connectivity index (χ0v) is 7.70. The molecule has 0 saturated heterocycles. The van der Waals surface area contributed by atoms with Gasteiger partial charge in [0.15, 0.2) is 0 Å². The van der Waals surface area contributed by atoms with Crippen LogP contribution in [0.2, 0.25) is 0 Å². The van der Waals surface area contributed by atoms with E-state index >= 15 is 0 Å². The first kappa shape index (κ1) is 8.40. The van der Waals surface area contributed by atoms with Crippen LogP contribution in [-0.4, -0.2) is 9.59 Å².